The summed E-state index contributed by atoms with van der Waals surface area (Å²) in [5, 5.41) is 6.40. The second-order valence-corrected chi connectivity index (χ2v) is 6.63. The van der Waals surface area contributed by atoms with Gasteiger partial charge in [-0.05, 0) is 25.2 Å². The molecule has 5 nitrogen and oxygen atoms in total. The van der Waals surface area contributed by atoms with Crippen LogP contribution in [0.4, 0.5) is 0 Å². The van der Waals surface area contributed by atoms with Crippen molar-refractivity contribution in [2.24, 2.45) is 11.8 Å². The maximum Gasteiger partial charge on any atom is 0.246 e. The second kappa shape index (κ2) is 3.85. The molecule has 2 rings (SSSR count). The molecule has 0 aromatic carbocycles. The minimum Gasteiger partial charge on any atom is -0.281 e. The molecule has 1 aromatic rings. The van der Waals surface area contributed by atoms with Crippen LogP contribution in [-0.4, -0.2) is 36.5 Å². The summed E-state index contributed by atoms with van der Waals surface area (Å²) in [5.41, 5.74) is 0.593. The fourth-order valence-corrected chi connectivity index (χ4v) is 3.19. The zero-order chi connectivity index (χ0) is 11.9. The molecular formula is C10H17N3O2S. The SMILES string of the molecule is Cc1[nH]ncc1S(=O)(=O)N(C)CC1CC1C. The monoisotopic (exact) mass is 243 g/mol. The third-order valence-electron chi connectivity index (χ3n) is 3.24. The number of sulfonamides is 1. The van der Waals surface area contributed by atoms with Gasteiger partial charge in [0.1, 0.15) is 4.90 Å². The van der Waals surface area contributed by atoms with Gasteiger partial charge in [-0.1, -0.05) is 6.92 Å². The van der Waals surface area contributed by atoms with E-state index in [-0.39, 0.29) is 4.90 Å². The molecule has 1 heterocycles. The summed E-state index contributed by atoms with van der Waals surface area (Å²) in [6, 6.07) is 0. The first kappa shape index (κ1) is 11.6. The summed E-state index contributed by atoms with van der Waals surface area (Å²) >= 11 is 0. The molecule has 2 unspecified atom stereocenters. The predicted molar refractivity (Wildman–Crippen MR) is 60.4 cm³/mol. The lowest BCUT2D eigenvalue weighted by Crippen LogP contribution is -2.29. The van der Waals surface area contributed by atoms with E-state index in [9.17, 15) is 8.42 Å². The highest BCUT2D eigenvalue weighted by molar-refractivity contribution is 7.89. The van der Waals surface area contributed by atoms with Crippen molar-refractivity contribution in [3.63, 3.8) is 0 Å². The molecule has 90 valence electrons. The van der Waals surface area contributed by atoms with Crippen LogP contribution in [0.5, 0.6) is 0 Å². The Kier molecular flexibility index (Phi) is 2.79. The predicted octanol–water partition coefficient (Wildman–Crippen LogP) is 0.995. The van der Waals surface area contributed by atoms with Gasteiger partial charge in [-0.25, -0.2) is 12.7 Å². The largest absolute Gasteiger partial charge is 0.281 e. The summed E-state index contributed by atoms with van der Waals surface area (Å²) in [6.45, 7) is 4.47. The van der Waals surface area contributed by atoms with Crippen LogP contribution in [0.2, 0.25) is 0 Å². The number of aromatic nitrogens is 2. The van der Waals surface area contributed by atoms with Crippen molar-refractivity contribution in [2.45, 2.75) is 25.2 Å². The number of aromatic amines is 1. The van der Waals surface area contributed by atoms with Gasteiger partial charge in [0.15, 0.2) is 0 Å². The van der Waals surface area contributed by atoms with Gasteiger partial charge < -0.3 is 0 Å². The van der Waals surface area contributed by atoms with Gasteiger partial charge in [0.05, 0.1) is 11.9 Å². The van der Waals surface area contributed by atoms with Crippen molar-refractivity contribution < 1.29 is 8.42 Å². The lowest BCUT2D eigenvalue weighted by Gasteiger charge is -2.16. The van der Waals surface area contributed by atoms with E-state index in [1.165, 1.54) is 10.5 Å². The molecule has 6 heteroatoms. The Morgan fingerprint density at radius 1 is 1.62 bits per heavy atom. The highest BCUT2D eigenvalue weighted by Gasteiger charge is 2.36. The number of H-pyrrole nitrogens is 1. The first-order valence-corrected chi connectivity index (χ1v) is 6.83. The van der Waals surface area contributed by atoms with Crippen molar-refractivity contribution >= 4 is 10.0 Å². The molecule has 0 aliphatic heterocycles. The molecular weight excluding hydrogens is 226 g/mol. The quantitative estimate of drug-likeness (QED) is 0.857. The number of hydrogen-bond acceptors (Lipinski definition) is 3. The Labute approximate surface area is 95.9 Å². The fourth-order valence-electron chi connectivity index (χ4n) is 1.85. The average Bonchev–Trinajstić information content (AvgIpc) is 2.72. The van der Waals surface area contributed by atoms with Gasteiger partial charge in [0, 0.05) is 13.6 Å². The Bertz CT molecular complexity index is 480. The zero-order valence-electron chi connectivity index (χ0n) is 9.77. The van der Waals surface area contributed by atoms with E-state index in [1.54, 1.807) is 14.0 Å². The molecule has 0 amide bonds. The number of nitrogens with zero attached hydrogens (tertiary/aromatic N) is 2. The first-order chi connectivity index (χ1) is 7.43. The van der Waals surface area contributed by atoms with Crippen molar-refractivity contribution in [1.82, 2.24) is 14.5 Å². The van der Waals surface area contributed by atoms with Crippen molar-refractivity contribution in [3.8, 4) is 0 Å². The van der Waals surface area contributed by atoms with Crippen molar-refractivity contribution in [2.75, 3.05) is 13.6 Å². The lowest BCUT2D eigenvalue weighted by molar-refractivity contribution is 0.444. The molecule has 1 aromatic heterocycles. The molecule has 0 radical (unpaired) electrons. The molecule has 1 saturated carbocycles. The minimum absolute atomic E-state index is 0.281. The van der Waals surface area contributed by atoms with Crippen LogP contribution < -0.4 is 0 Å². The van der Waals surface area contributed by atoms with Crippen molar-refractivity contribution in [3.05, 3.63) is 11.9 Å². The summed E-state index contributed by atoms with van der Waals surface area (Å²) in [7, 11) is -1.73. The molecule has 1 aliphatic carbocycles. The lowest BCUT2D eigenvalue weighted by atomic mass is 10.3. The highest BCUT2D eigenvalue weighted by atomic mass is 32.2. The van der Waals surface area contributed by atoms with E-state index >= 15 is 0 Å². The van der Waals surface area contributed by atoms with Crippen LogP contribution in [0.3, 0.4) is 0 Å². The van der Waals surface area contributed by atoms with Crippen LogP contribution >= 0.6 is 0 Å². The van der Waals surface area contributed by atoms with Crippen LogP contribution in [0, 0.1) is 18.8 Å². The van der Waals surface area contributed by atoms with E-state index in [2.05, 4.69) is 17.1 Å². The molecule has 0 spiro atoms. The molecule has 0 saturated heterocycles. The van der Waals surface area contributed by atoms with Gasteiger partial charge in [-0.3, -0.25) is 5.10 Å². The number of hydrogen-bond donors (Lipinski definition) is 1. The van der Waals surface area contributed by atoms with E-state index in [1.807, 2.05) is 0 Å². The Morgan fingerprint density at radius 2 is 2.25 bits per heavy atom. The van der Waals surface area contributed by atoms with Crippen LogP contribution in [0.15, 0.2) is 11.1 Å². The van der Waals surface area contributed by atoms with E-state index in [0.717, 1.165) is 6.42 Å². The highest BCUT2D eigenvalue weighted by Crippen LogP contribution is 2.38. The number of rotatable bonds is 4. The maximum absolute atomic E-state index is 12.1. The number of aryl methyl sites for hydroxylation is 1. The van der Waals surface area contributed by atoms with E-state index in [0.29, 0.717) is 24.1 Å². The molecule has 1 aliphatic rings. The third-order valence-corrected chi connectivity index (χ3v) is 5.18. The summed E-state index contributed by atoms with van der Waals surface area (Å²) < 4.78 is 25.7. The van der Waals surface area contributed by atoms with Crippen molar-refractivity contribution in [1.29, 1.82) is 0 Å². The molecule has 0 bridgehead atoms. The molecule has 2 atom stereocenters. The van der Waals surface area contributed by atoms with Crippen LogP contribution in [0.25, 0.3) is 0 Å². The van der Waals surface area contributed by atoms with Gasteiger partial charge in [-0.15, -0.1) is 0 Å². The topological polar surface area (TPSA) is 66.1 Å². The normalized spacial score (nSPS) is 25.0. The summed E-state index contributed by atoms with van der Waals surface area (Å²) in [4.78, 5) is 0.281. The molecule has 1 N–H and O–H groups in total. The Hall–Kier alpha value is -0.880. The standard InChI is InChI=1S/C10H17N3O2S/c1-7-4-9(7)6-13(3)16(14,15)10-5-11-12-8(10)2/h5,7,9H,4,6H2,1-3H3,(H,11,12). The summed E-state index contributed by atoms with van der Waals surface area (Å²) in [5.74, 6) is 1.18. The fraction of sp³-hybridized carbons (Fsp3) is 0.700. The smallest absolute Gasteiger partial charge is 0.246 e. The van der Waals surface area contributed by atoms with E-state index in [4.69, 9.17) is 0 Å². The first-order valence-electron chi connectivity index (χ1n) is 5.39. The second-order valence-electron chi connectivity index (χ2n) is 4.62. The van der Waals surface area contributed by atoms with Gasteiger partial charge >= 0.3 is 0 Å². The minimum atomic E-state index is -3.37. The van der Waals surface area contributed by atoms with Gasteiger partial charge in [-0.2, -0.15) is 5.10 Å². The van der Waals surface area contributed by atoms with Gasteiger partial charge in [0.25, 0.3) is 0 Å². The molecule has 16 heavy (non-hydrogen) atoms. The Morgan fingerprint density at radius 3 is 2.69 bits per heavy atom. The van der Waals surface area contributed by atoms with Crippen LogP contribution in [-0.2, 0) is 10.0 Å². The third kappa shape index (κ3) is 1.99. The summed E-state index contributed by atoms with van der Waals surface area (Å²) in [6.07, 6.45) is 2.50. The molecule has 1 fully saturated rings. The van der Waals surface area contributed by atoms with Crippen LogP contribution in [0.1, 0.15) is 19.0 Å². The average molecular weight is 243 g/mol. The number of nitrogens with one attached hydrogen (secondary N) is 1. The van der Waals surface area contributed by atoms with E-state index < -0.39 is 10.0 Å². The maximum atomic E-state index is 12.1. The zero-order valence-corrected chi connectivity index (χ0v) is 10.6. The van der Waals surface area contributed by atoms with Gasteiger partial charge in [0.2, 0.25) is 10.0 Å². The Balaban J connectivity index is 2.16.